The van der Waals surface area contributed by atoms with Crippen LogP contribution in [0.25, 0.3) is 5.57 Å². The van der Waals surface area contributed by atoms with Crippen molar-refractivity contribution in [3.8, 4) is 11.5 Å². The Morgan fingerprint density at radius 3 is 2.47 bits per heavy atom. The van der Waals surface area contributed by atoms with Gasteiger partial charge in [0, 0.05) is 23.7 Å². The van der Waals surface area contributed by atoms with Crippen molar-refractivity contribution in [2.45, 2.75) is 26.8 Å². The predicted molar refractivity (Wildman–Crippen MR) is 76.5 cm³/mol. The highest BCUT2D eigenvalue weighted by molar-refractivity contribution is 5.95. The van der Waals surface area contributed by atoms with E-state index in [1.54, 1.807) is 26.4 Å². The Balaban J connectivity index is 3.01. The molecule has 0 aliphatic rings. The van der Waals surface area contributed by atoms with Crippen molar-refractivity contribution in [1.82, 2.24) is 5.32 Å². The molecule has 0 heterocycles. The number of carbonyl (C=O) groups is 1. The van der Waals surface area contributed by atoms with Crippen LogP contribution in [0.1, 0.15) is 26.3 Å². The third kappa shape index (κ3) is 4.32. The second-order valence-corrected chi connectivity index (χ2v) is 4.56. The minimum Gasteiger partial charge on any atom is -0.497 e. The molecule has 1 aromatic rings. The van der Waals surface area contributed by atoms with Gasteiger partial charge in [0.2, 0.25) is 5.91 Å². The van der Waals surface area contributed by atoms with Gasteiger partial charge in [-0.1, -0.05) is 0 Å². The van der Waals surface area contributed by atoms with E-state index < -0.39 is 0 Å². The zero-order valence-electron chi connectivity index (χ0n) is 12.1. The number of amides is 1. The molecule has 0 aliphatic carbocycles. The van der Waals surface area contributed by atoms with Gasteiger partial charge in [-0.2, -0.15) is 0 Å². The first-order valence-electron chi connectivity index (χ1n) is 6.19. The van der Waals surface area contributed by atoms with Crippen molar-refractivity contribution >= 4 is 11.5 Å². The zero-order chi connectivity index (χ0) is 14.4. The van der Waals surface area contributed by atoms with Gasteiger partial charge in [0.15, 0.2) is 0 Å². The average Bonchev–Trinajstić information content (AvgIpc) is 2.36. The van der Waals surface area contributed by atoms with Crippen LogP contribution in [0.15, 0.2) is 24.3 Å². The van der Waals surface area contributed by atoms with Crippen LogP contribution < -0.4 is 14.8 Å². The maximum absolute atomic E-state index is 11.7. The van der Waals surface area contributed by atoms with E-state index >= 15 is 0 Å². The molecule has 0 saturated carbocycles. The van der Waals surface area contributed by atoms with Crippen LogP contribution in [0, 0.1) is 0 Å². The monoisotopic (exact) mass is 263 g/mol. The summed E-state index contributed by atoms with van der Waals surface area (Å²) in [5, 5.41) is 2.82. The van der Waals surface area contributed by atoms with Gasteiger partial charge in [-0.25, -0.2) is 0 Å². The van der Waals surface area contributed by atoms with Crippen molar-refractivity contribution in [3.63, 3.8) is 0 Å². The smallest absolute Gasteiger partial charge is 0.244 e. The first kappa shape index (κ1) is 15.1. The van der Waals surface area contributed by atoms with Crippen LogP contribution in [0.5, 0.6) is 11.5 Å². The quantitative estimate of drug-likeness (QED) is 0.831. The molecule has 0 saturated heterocycles. The molecule has 104 valence electrons. The first-order valence-corrected chi connectivity index (χ1v) is 6.19. The summed E-state index contributed by atoms with van der Waals surface area (Å²) >= 11 is 0. The summed E-state index contributed by atoms with van der Waals surface area (Å²) in [4.78, 5) is 11.7. The highest BCUT2D eigenvalue weighted by atomic mass is 16.5. The fraction of sp³-hybridized carbons (Fsp3) is 0.400. The van der Waals surface area contributed by atoms with Gasteiger partial charge in [-0.05, 0) is 38.5 Å². The number of hydrogen-bond acceptors (Lipinski definition) is 3. The number of rotatable bonds is 5. The number of allylic oxidation sites excluding steroid dienone is 1. The standard InChI is InChI=1S/C15H21NO3/c1-10(2)16-15(17)8-11(3)13-7-6-12(18-4)9-14(13)19-5/h6-10H,1-5H3,(H,16,17)/b11-8+. The van der Waals surface area contributed by atoms with E-state index in [4.69, 9.17) is 9.47 Å². The summed E-state index contributed by atoms with van der Waals surface area (Å²) in [5.41, 5.74) is 1.72. The fourth-order valence-electron chi connectivity index (χ4n) is 1.72. The lowest BCUT2D eigenvalue weighted by molar-refractivity contribution is -0.116. The van der Waals surface area contributed by atoms with E-state index in [0.717, 1.165) is 16.9 Å². The normalized spacial score (nSPS) is 11.4. The Morgan fingerprint density at radius 2 is 1.95 bits per heavy atom. The molecule has 0 spiro atoms. The lowest BCUT2D eigenvalue weighted by Gasteiger charge is -2.11. The molecular weight excluding hydrogens is 242 g/mol. The molecule has 0 unspecified atom stereocenters. The van der Waals surface area contributed by atoms with Gasteiger partial charge >= 0.3 is 0 Å². The van der Waals surface area contributed by atoms with Gasteiger partial charge in [-0.15, -0.1) is 0 Å². The van der Waals surface area contributed by atoms with Crippen LogP contribution in [-0.2, 0) is 4.79 Å². The topological polar surface area (TPSA) is 47.6 Å². The minimum atomic E-state index is -0.106. The van der Waals surface area contributed by atoms with Gasteiger partial charge in [-0.3, -0.25) is 4.79 Å². The van der Waals surface area contributed by atoms with Crippen LogP contribution in [0.4, 0.5) is 0 Å². The number of carbonyl (C=O) groups excluding carboxylic acids is 1. The molecule has 19 heavy (non-hydrogen) atoms. The van der Waals surface area contributed by atoms with E-state index in [9.17, 15) is 4.79 Å². The summed E-state index contributed by atoms with van der Waals surface area (Å²) in [6.45, 7) is 5.73. The summed E-state index contributed by atoms with van der Waals surface area (Å²) in [6, 6.07) is 5.64. The van der Waals surface area contributed by atoms with Crippen LogP contribution in [0.3, 0.4) is 0 Å². The second-order valence-electron chi connectivity index (χ2n) is 4.56. The van der Waals surface area contributed by atoms with Crippen molar-refractivity contribution < 1.29 is 14.3 Å². The van der Waals surface area contributed by atoms with E-state index in [-0.39, 0.29) is 11.9 Å². The van der Waals surface area contributed by atoms with Crippen LogP contribution in [-0.4, -0.2) is 26.2 Å². The Hall–Kier alpha value is -1.97. The molecule has 4 nitrogen and oxygen atoms in total. The van der Waals surface area contributed by atoms with Crippen molar-refractivity contribution in [2.24, 2.45) is 0 Å². The molecule has 0 radical (unpaired) electrons. The third-order valence-corrected chi connectivity index (χ3v) is 2.61. The molecule has 0 aliphatic heterocycles. The Kier molecular flexibility index (Phi) is 5.42. The molecule has 0 aromatic heterocycles. The fourth-order valence-corrected chi connectivity index (χ4v) is 1.72. The third-order valence-electron chi connectivity index (χ3n) is 2.61. The van der Waals surface area contributed by atoms with Crippen LogP contribution in [0.2, 0.25) is 0 Å². The SMILES string of the molecule is COc1ccc(/C(C)=C/C(=O)NC(C)C)c(OC)c1. The molecule has 1 aromatic carbocycles. The minimum absolute atomic E-state index is 0.106. The molecule has 1 N–H and O–H groups in total. The number of benzene rings is 1. The highest BCUT2D eigenvalue weighted by Gasteiger charge is 2.08. The summed E-state index contributed by atoms with van der Waals surface area (Å²) in [7, 11) is 3.20. The van der Waals surface area contributed by atoms with Gasteiger partial charge < -0.3 is 14.8 Å². The maximum atomic E-state index is 11.7. The Morgan fingerprint density at radius 1 is 1.26 bits per heavy atom. The summed E-state index contributed by atoms with van der Waals surface area (Å²) < 4.78 is 10.5. The summed E-state index contributed by atoms with van der Waals surface area (Å²) in [5.74, 6) is 1.30. The first-order chi connectivity index (χ1) is 8.97. The largest absolute Gasteiger partial charge is 0.497 e. The van der Waals surface area contributed by atoms with Gasteiger partial charge in [0.25, 0.3) is 0 Å². The highest BCUT2D eigenvalue weighted by Crippen LogP contribution is 2.29. The van der Waals surface area contributed by atoms with Gasteiger partial charge in [0.1, 0.15) is 11.5 Å². The number of nitrogens with one attached hydrogen (secondary N) is 1. The van der Waals surface area contributed by atoms with Crippen LogP contribution >= 0.6 is 0 Å². The molecule has 0 atom stereocenters. The molecule has 1 amide bonds. The van der Waals surface area contributed by atoms with E-state index in [1.165, 1.54) is 0 Å². The molecule has 1 rings (SSSR count). The van der Waals surface area contributed by atoms with Crippen molar-refractivity contribution in [2.75, 3.05) is 14.2 Å². The Bertz CT molecular complexity index is 478. The lowest BCUT2D eigenvalue weighted by Crippen LogP contribution is -2.28. The van der Waals surface area contributed by atoms with Crippen molar-refractivity contribution in [3.05, 3.63) is 29.8 Å². The zero-order valence-corrected chi connectivity index (χ0v) is 12.1. The average molecular weight is 263 g/mol. The maximum Gasteiger partial charge on any atom is 0.244 e. The summed E-state index contributed by atoms with van der Waals surface area (Å²) in [6.07, 6.45) is 1.57. The molecule has 0 fully saturated rings. The van der Waals surface area contributed by atoms with Crippen molar-refractivity contribution in [1.29, 1.82) is 0 Å². The van der Waals surface area contributed by atoms with E-state index in [1.807, 2.05) is 32.9 Å². The van der Waals surface area contributed by atoms with Gasteiger partial charge in [0.05, 0.1) is 14.2 Å². The second kappa shape index (κ2) is 6.83. The van der Waals surface area contributed by atoms with E-state index in [0.29, 0.717) is 5.75 Å². The predicted octanol–water partition coefficient (Wildman–Crippen LogP) is 2.63. The molecule has 0 bridgehead atoms. The van der Waals surface area contributed by atoms with E-state index in [2.05, 4.69) is 5.32 Å². The number of hydrogen-bond donors (Lipinski definition) is 1. The lowest BCUT2D eigenvalue weighted by atomic mass is 10.1. The number of ether oxygens (including phenoxy) is 2. The number of methoxy groups -OCH3 is 2. The molecule has 4 heteroatoms. The Labute approximate surface area is 114 Å². The molecular formula is C15H21NO3.